The van der Waals surface area contributed by atoms with E-state index in [-0.39, 0.29) is 30.0 Å². The van der Waals surface area contributed by atoms with E-state index in [1.54, 1.807) is 26.0 Å². The molecule has 0 saturated carbocycles. The van der Waals surface area contributed by atoms with Crippen molar-refractivity contribution in [3.05, 3.63) is 24.3 Å². The van der Waals surface area contributed by atoms with Crippen LogP contribution in [0.3, 0.4) is 0 Å². The highest BCUT2D eigenvalue weighted by Crippen LogP contribution is 2.52. The van der Waals surface area contributed by atoms with Gasteiger partial charge >= 0.3 is 7.60 Å². The Hall–Kier alpha value is -1.29. The van der Waals surface area contributed by atoms with Crippen molar-refractivity contribution in [2.45, 2.75) is 13.8 Å². The molecule has 1 aromatic rings. The number of methoxy groups -OCH3 is 1. The number of rotatable bonds is 7. The van der Waals surface area contributed by atoms with Crippen molar-refractivity contribution in [3.8, 4) is 11.5 Å². The quantitative estimate of drug-likeness (QED) is 0.781. The normalized spacial score (nSPS) is 11.3. The van der Waals surface area contributed by atoms with E-state index >= 15 is 0 Å². The van der Waals surface area contributed by atoms with Crippen LogP contribution in [0.15, 0.2) is 18.7 Å². The maximum Gasteiger partial charge on any atom is 0.368 e. The fourth-order valence-electron chi connectivity index (χ4n) is 1.68. The molecule has 0 heterocycles. The van der Waals surface area contributed by atoms with Gasteiger partial charge in [-0.1, -0.05) is 12.7 Å². The third kappa shape index (κ3) is 3.18. The number of benzene rings is 1. The van der Waals surface area contributed by atoms with Gasteiger partial charge in [-0.05, 0) is 26.0 Å². The molecule has 1 aromatic carbocycles. The van der Waals surface area contributed by atoms with E-state index in [1.807, 2.05) is 0 Å². The first kappa shape index (κ1) is 15.8. The molecule has 0 aliphatic rings. The highest BCUT2D eigenvalue weighted by Gasteiger charge is 2.34. The third-order valence-electron chi connectivity index (χ3n) is 2.46. The van der Waals surface area contributed by atoms with Gasteiger partial charge in [-0.3, -0.25) is 4.57 Å². The molecule has 0 spiro atoms. The number of phenols is 1. The summed E-state index contributed by atoms with van der Waals surface area (Å²) >= 11 is 0. The molecule has 106 valence electrons. The van der Waals surface area contributed by atoms with Crippen molar-refractivity contribution < 1.29 is 23.5 Å². The SMILES string of the molecule is C=Cc1ccc(OC)c(P(=O)(OCC)OCC)c1O. The number of hydrogen-bond donors (Lipinski definition) is 1. The first-order valence-corrected chi connectivity index (χ1v) is 7.50. The lowest BCUT2D eigenvalue weighted by Crippen LogP contribution is -2.15. The number of aromatic hydroxyl groups is 1. The molecule has 19 heavy (non-hydrogen) atoms. The van der Waals surface area contributed by atoms with Crippen molar-refractivity contribution in [3.63, 3.8) is 0 Å². The summed E-state index contributed by atoms with van der Waals surface area (Å²) in [5.74, 6) is 0.0629. The van der Waals surface area contributed by atoms with Gasteiger partial charge in [-0.25, -0.2) is 0 Å². The van der Waals surface area contributed by atoms with E-state index in [4.69, 9.17) is 13.8 Å². The molecular weight excluding hydrogens is 267 g/mol. The van der Waals surface area contributed by atoms with Crippen LogP contribution in [0.2, 0.25) is 0 Å². The van der Waals surface area contributed by atoms with Crippen LogP contribution in [-0.2, 0) is 13.6 Å². The van der Waals surface area contributed by atoms with Gasteiger partial charge in [0.15, 0.2) is 0 Å². The predicted molar refractivity (Wildman–Crippen MR) is 75.2 cm³/mol. The predicted octanol–water partition coefficient (Wildman–Crippen LogP) is 2.94. The number of hydrogen-bond acceptors (Lipinski definition) is 5. The summed E-state index contributed by atoms with van der Waals surface area (Å²) in [5, 5.41) is 10.2. The Morgan fingerprint density at radius 3 is 2.32 bits per heavy atom. The standard InChI is InChI=1S/C13H19O5P/c1-5-10-8-9-11(16-4)13(12(10)14)19(15,17-6-2)18-7-3/h5,8-9,14H,1,6-7H2,2-4H3. The van der Waals surface area contributed by atoms with Gasteiger partial charge in [-0.15, -0.1) is 0 Å². The van der Waals surface area contributed by atoms with Crippen LogP contribution in [0.4, 0.5) is 0 Å². The van der Waals surface area contributed by atoms with Crippen molar-refractivity contribution in [1.29, 1.82) is 0 Å². The fraction of sp³-hybridized carbons (Fsp3) is 0.385. The molecule has 6 heteroatoms. The molecule has 0 unspecified atom stereocenters. The van der Waals surface area contributed by atoms with Crippen molar-refractivity contribution >= 4 is 19.0 Å². The maximum absolute atomic E-state index is 12.8. The Morgan fingerprint density at radius 2 is 1.89 bits per heavy atom. The first-order valence-electron chi connectivity index (χ1n) is 5.96. The Kier molecular flexibility index (Phi) is 5.60. The minimum Gasteiger partial charge on any atom is -0.506 e. The second kappa shape index (κ2) is 6.75. The first-order chi connectivity index (χ1) is 9.03. The summed E-state index contributed by atoms with van der Waals surface area (Å²) < 4.78 is 28.4. The topological polar surface area (TPSA) is 65.0 Å². The van der Waals surface area contributed by atoms with E-state index < -0.39 is 7.60 Å². The van der Waals surface area contributed by atoms with Gasteiger partial charge in [0, 0.05) is 5.56 Å². The average molecular weight is 286 g/mol. The van der Waals surface area contributed by atoms with Crippen LogP contribution < -0.4 is 10.0 Å². The molecule has 0 amide bonds. The van der Waals surface area contributed by atoms with Crippen LogP contribution in [0.25, 0.3) is 6.08 Å². The minimum absolute atomic E-state index is 0.0381. The van der Waals surface area contributed by atoms with E-state index in [0.29, 0.717) is 5.56 Å². The molecule has 0 saturated heterocycles. The second-order valence-corrected chi connectivity index (χ2v) is 5.55. The van der Waals surface area contributed by atoms with E-state index in [9.17, 15) is 9.67 Å². The summed E-state index contributed by atoms with van der Waals surface area (Å²) in [5.41, 5.74) is 0.440. The molecule has 0 aromatic heterocycles. The second-order valence-electron chi connectivity index (χ2n) is 3.59. The van der Waals surface area contributed by atoms with E-state index in [0.717, 1.165) is 0 Å². The fourth-order valence-corrected chi connectivity index (χ4v) is 3.51. The zero-order valence-corrected chi connectivity index (χ0v) is 12.3. The average Bonchev–Trinajstić information content (AvgIpc) is 2.38. The molecule has 0 aliphatic carbocycles. The highest BCUT2D eigenvalue weighted by atomic mass is 31.2. The van der Waals surface area contributed by atoms with Crippen LogP contribution >= 0.6 is 7.60 Å². The molecule has 5 nitrogen and oxygen atoms in total. The molecule has 1 rings (SSSR count). The van der Waals surface area contributed by atoms with Crippen LogP contribution in [0, 0.1) is 0 Å². The smallest absolute Gasteiger partial charge is 0.368 e. The zero-order chi connectivity index (χ0) is 14.5. The molecule has 0 bridgehead atoms. The summed E-state index contributed by atoms with van der Waals surface area (Å²) in [6.45, 7) is 7.38. The zero-order valence-electron chi connectivity index (χ0n) is 11.4. The highest BCUT2D eigenvalue weighted by molar-refractivity contribution is 7.62. The molecule has 0 aliphatic heterocycles. The lowest BCUT2D eigenvalue weighted by atomic mass is 10.2. The molecular formula is C13H19O5P. The van der Waals surface area contributed by atoms with Gasteiger partial charge in [-0.2, -0.15) is 0 Å². The monoisotopic (exact) mass is 286 g/mol. The van der Waals surface area contributed by atoms with Gasteiger partial charge in [0.1, 0.15) is 16.8 Å². The lowest BCUT2D eigenvalue weighted by Gasteiger charge is -2.21. The number of phenolic OH excluding ortho intramolecular Hbond substituents is 1. The third-order valence-corrected chi connectivity index (χ3v) is 4.63. The minimum atomic E-state index is -3.63. The van der Waals surface area contributed by atoms with E-state index in [2.05, 4.69) is 6.58 Å². The van der Waals surface area contributed by atoms with E-state index in [1.165, 1.54) is 13.2 Å². The Balaban J connectivity index is 3.51. The number of ether oxygens (including phenoxy) is 1. The van der Waals surface area contributed by atoms with Crippen LogP contribution in [0.1, 0.15) is 19.4 Å². The van der Waals surface area contributed by atoms with Gasteiger partial charge in [0.05, 0.1) is 20.3 Å². The van der Waals surface area contributed by atoms with Gasteiger partial charge in [0.25, 0.3) is 0 Å². The lowest BCUT2D eigenvalue weighted by molar-refractivity contribution is 0.228. The molecule has 0 fully saturated rings. The summed E-state index contributed by atoms with van der Waals surface area (Å²) in [6.07, 6.45) is 1.46. The van der Waals surface area contributed by atoms with Crippen molar-refractivity contribution in [2.24, 2.45) is 0 Å². The summed E-state index contributed by atoms with van der Waals surface area (Å²) in [4.78, 5) is 0. The summed E-state index contributed by atoms with van der Waals surface area (Å²) in [7, 11) is -2.20. The van der Waals surface area contributed by atoms with Gasteiger partial charge in [0.2, 0.25) is 0 Å². The molecule has 0 radical (unpaired) electrons. The van der Waals surface area contributed by atoms with Gasteiger partial charge < -0.3 is 18.9 Å². The largest absolute Gasteiger partial charge is 0.506 e. The molecule has 1 N–H and O–H groups in total. The Bertz CT molecular complexity index is 488. The summed E-state index contributed by atoms with van der Waals surface area (Å²) in [6, 6.07) is 3.21. The van der Waals surface area contributed by atoms with Crippen molar-refractivity contribution in [1.82, 2.24) is 0 Å². The van der Waals surface area contributed by atoms with Crippen LogP contribution in [0.5, 0.6) is 11.5 Å². The molecule has 0 atom stereocenters. The Labute approximate surface area is 113 Å². The van der Waals surface area contributed by atoms with Crippen LogP contribution in [-0.4, -0.2) is 25.4 Å². The van der Waals surface area contributed by atoms with Crippen molar-refractivity contribution in [2.75, 3.05) is 20.3 Å². The maximum atomic E-state index is 12.8. The Morgan fingerprint density at radius 1 is 1.32 bits per heavy atom.